The van der Waals surface area contributed by atoms with E-state index in [-0.39, 0.29) is 41.9 Å². The number of alkyl halides is 3. The van der Waals surface area contributed by atoms with Crippen molar-refractivity contribution in [3.63, 3.8) is 0 Å². The van der Waals surface area contributed by atoms with E-state index in [1.54, 1.807) is 11.0 Å². The maximum atomic E-state index is 13.4. The topological polar surface area (TPSA) is 112 Å². The minimum absolute atomic E-state index is 0.0000860. The molecule has 2 N–H and O–H groups in total. The molecule has 1 aliphatic heterocycles. The molecule has 3 amide bonds. The van der Waals surface area contributed by atoms with Crippen molar-refractivity contribution in [2.75, 3.05) is 13.1 Å². The first kappa shape index (κ1) is 25.8. The highest BCUT2D eigenvalue weighted by Gasteiger charge is 2.48. The number of amides is 3. The van der Waals surface area contributed by atoms with Gasteiger partial charge in [0.15, 0.2) is 0 Å². The molecular weight excluding hydrogens is 477 g/mol. The second-order valence-corrected chi connectivity index (χ2v) is 9.92. The van der Waals surface area contributed by atoms with Crippen molar-refractivity contribution in [1.29, 1.82) is 5.26 Å². The van der Waals surface area contributed by atoms with Crippen LogP contribution in [0.1, 0.15) is 62.5 Å². The molecule has 0 radical (unpaired) electrons. The fourth-order valence-electron chi connectivity index (χ4n) is 4.82. The van der Waals surface area contributed by atoms with Crippen molar-refractivity contribution in [2.24, 2.45) is 11.8 Å². The highest BCUT2D eigenvalue weighted by Crippen LogP contribution is 2.37. The first-order valence-corrected chi connectivity index (χ1v) is 12.3. The summed E-state index contributed by atoms with van der Waals surface area (Å²) < 4.78 is 42.4. The van der Waals surface area contributed by atoms with Gasteiger partial charge in [0.25, 0.3) is 0 Å². The van der Waals surface area contributed by atoms with Crippen LogP contribution in [0.2, 0.25) is 0 Å². The molecule has 1 heterocycles. The van der Waals surface area contributed by atoms with Crippen molar-refractivity contribution >= 4 is 17.7 Å². The van der Waals surface area contributed by atoms with Gasteiger partial charge in [-0.05, 0) is 63.0 Å². The molecule has 3 fully saturated rings. The number of likely N-dealkylation sites (tertiary alicyclic amines) is 1. The van der Waals surface area contributed by atoms with Gasteiger partial charge in [-0.25, -0.2) is 0 Å². The Labute approximate surface area is 207 Å². The summed E-state index contributed by atoms with van der Waals surface area (Å²) in [6.45, 7) is 0.452. The number of rotatable bonds is 8. The van der Waals surface area contributed by atoms with Gasteiger partial charge in [-0.3, -0.25) is 14.4 Å². The zero-order valence-electron chi connectivity index (χ0n) is 19.8. The number of hydrogen-bond donors (Lipinski definition) is 2. The molecule has 11 heteroatoms. The van der Waals surface area contributed by atoms with Crippen LogP contribution < -0.4 is 15.4 Å². The number of ether oxygens (including phenoxy) is 1. The van der Waals surface area contributed by atoms with Gasteiger partial charge in [-0.1, -0.05) is 6.07 Å². The van der Waals surface area contributed by atoms with Crippen LogP contribution in [-0.2, 0) is 20.9 Å². The maximum Gasteiger partial charge on any atom is 0.573 e. The van der Waals surface area contributed by atoms with E-state index in [1.165, 1.54) is 12.1 Å². The van der Waals surface area contributed by atoms with Crippen LogP contribution >= 0.6 is 0 Å². The third-order valence-corrected chi connectivity index (χ3v) is 7.12. The van der Waals surface area contributed by atoms with Gasteiger partial charge >= 0.3 is 6.36 Å². The number of carbonyl (C=O) groups is 3. The third kappa shape index (κ3) is 6.28. The largest absolute Gasteiger partial charge is 0.573 e. The summed E-state index contributed by atoms with van der Waals surface area (Å²) in [6.07, 6.45) is 0.739. The van der Waals surface area contributed by atoms with Crippen LogP contribution in [0.3, 0.4) is 0 Å². The molecule has 194 valence electrons. The van der Waals surface area contributed by atoms with Gasteiger partial charge in [-0.15, -0.1) is 13.2 Å². The lowest BCUT2D eigenvalue weighted by molar-refractivity contribution is -0.274. The molecule has 4 rings (SSSR count). The van der Waals surface area contributed by atoms with Crippen LogP contribution in [0.4, 0.5) is 13.2 Å². The number of nitrogens with one attached hydrogen (secondary N) is 2. The van der Waals surface area contributed by atoms with Crippen molar-refractivity contribution in [2.45, 2.75) is 69.8 Å². The average Bonchev–Trinajstić information content (AvgIpc) is 3.62. The molecule has 1 saturated heterocycles. The minimum Gasteiger partial charge on any atom is -0.405 e. The molecule has 3 aliphatic rings. The fraction of sp³-hybridized carbons (Fsp3) is 0.600. The Morgan fingerprint density at radius 1 is 1.17 bits per heavy atom. The number of carbonyl (C=O) groups excluding carboxylic acids is 3. The summed E-state index contributed by atoms with van der Waals surface area (Å²) in [6, 6.07) is 5.39. The number of nitrogens with zero attached hydrogens (tertiary/aromatic N) is 2. The Morgan fingerprint density at radius 3 is 2.53 bits per heavy atom. The van der Waals surface area contributed by atoms with Crippen LogP contribution in [0.25, 0.3) is 0 Å². The summed E-state index contributed by atoms with van der Waals surface area (Å²) in [7, 11) is 0. The van der Waals surface area contributed by atoms with Gasteiger partial charge in [0, 0.05) is 31.6 Å². The Bertz CT molecular complexity index is 1060. The van der Waals surface area contributed by atoms with Crippen LogP contribution in [0, 0.1) is 23.2 Å². The van der Waals surface area contributed by atoms with Gasteiger partial charge in [0.05, 0.1) is 17.6 Å². The predicted octanol–water partition coefficient (Wildman–Crippen LogP) is 3.15. The number of halogens is 3. The SMILES string of the molecule is N#Cc1ccc(CNC(=O)[C@@H]2CCCN(C(=O)C3(NC(=O)CC4CC4)CCC3)C2)c(OC(F)(F)F)c1. The minimum atomic E-state index is -4.94. The van der Waals surface area contributed by atoms with Gasteiger partial charge in [0.1, 0.15) is 11.3 Å². The fourth-order valence-corrected chi connectivity index (χ4v) is 4.82. The van der Waals surface area contributed by atoms with Crippen molar-refractivity contribution < 1.29 is 32.3 Å². The Hall–Kier alpha value is -3.29. The van der Waals surface area contributed by atoms with Crippen molar-refractivity contribution in [1.82, 2.24) is 15.5 Å². The van der Waals surface area contributed by atoms with Crippen LogP contribution in [0.5, 0.6) is 5.75 Å². The van der Waals surface area contributed by atoms with E-state index in [4.69, 9.17) is 5.26 Å². The molecule has 2 saturated carbocycles. The molecule has 0 unspecified atom stereocenters. The molecule has 1 aromatic rings. The molecule has 1 atom stereocenters. The third-order valence-electron chi connectivity index (χ3n) is 7.12. The molecule has 0 bridgehead atoms. The highest BCUT2D eigenvalue weighted by molar-refractivity contribution is 5.93. The van der Waals surface area contributed by atoms with E-state index in [9.17, 15) is 27.6 Å². The van der Waals surface area contributed by atoms with E-state index in [1.807, 2.05) is 0 Å². The number of hydrogen-bond acceptors (Lipinski definition) is 5. The van der Waals surface area contributed by atoms with E-state index in [2.05, 4.69) is 15.4 Å². The molecule has 36 heavy (non-hydrogen) atoms. The second-order valence-electron chi connectivity index (χ2n) is 9.92. The van der Waals surface area contributed by atoms with Crippen LogP contribution in [0.15, 0.2) is 18.2 Å². The zero-order chi connectivity index (χ0) is 25.9. The maximum absolute atomic E-state index is 13.4. The van der Waals surface area contributed by atoms with Gasteiger partial charge < -0.3 is 20.3 Å². The second kappa shape index (κ2) is 10.4. The van der Waals surface area contributed by atoms with Crippen molar-refractivity contribution in [3.8, 4) is 11.8 Å². The average molecular weight is 507 g/mol. The number of nitriles is 1. The molecule has 0 aromatic heterocycles. The summed E-state index contributed by atoms with van der Waals surface area (Å²) in [5, 5.41) is 14.6. The Kier molecular flexibility index (Phi) is 7.43. The normalized spacial score (nSPS) is 21.1. The number of benzene rings is 1. The van der Waals surface area contributed by atoms with E-state index in [0.29, 0.717) is 44.6 Å². The van der Waals surface area contributed by atoms with Gasteiger partial charge in [-0.2, -0.15) is 5.26 Å². The molecule has 2 aliphatic carbocycles. The lowest BCUT2D eigenvalue weighted by atomic mass is 9.75. The predicted molar refractivity (Wildman–Crippen MR) is 121 cm³/mol. The smallest absolute Gasteiger partial charge is 0.405 e. The zero-order valence-corrected chi connectivity index (χ0v) is 19.8. The summed E-state index contributed by atoms with van der Waals surface area (Å²) in [5.74, 6) is -1.29. The quantitative estimate of drug-likeness (QED) is 0.563. The summed E-state index contributed by atoms with van der Waals surface area (Å²) >= 11 is 0. The number of piperidine rings is 1. The van der Waals surface area contributed by atoms with E-state index < -0.39 is 23.6 Å². The summed E-state index contributed by atoms with van der Waals surface area (Å²) in [5.41, 5.74) is -0.813. The van der Waals surface area contributed by atoms with Gasteiger partial charge in [0.2, 0.25) is 17.7 Å². The van der Waals surface area contributed by atoms with E-state index in [0.717, 1.165) is 25.3 Å². The van der Waals surface area contributed by atoms with Crippen molar-refractivity contribution in [3.05, 3.63) is 29.3 Å². The monoisotopic (exact) mass is 506 g/mol. The van der Waals surface area contributed by atoms with Crippen LogP contribution in [-0.4, -0.2) is 47.6 Å². The molecule has 8 nitrogen and oxygen atoms in total. The lowest BCUT2D eigenvalue weighted by Crippen LogP contribution is -2.64. The Balaban J connectivity index is 1.36. The Morgan fingerprint density at radius 2 is 1.92 bits per heavy atom. The van der Waals surface area contributed by atoms with E-state index >= 15 is 0 Å². The standard InChI is InChI=1S/C25H29F3N4O4/c26-25(27,28)36-20-11-17(13-29)6-7-18(20)14-30-22(34)19-3-1-10-32(15-19)23(35)24(8-2-9-24)31-21(33)12-16-4-5-16/h6-7,11,16,19H,1-5,8-10,12,14-15H2,(H,30,34)(H,31,33)/t19-/m1/s1. The highest BCUT2D eigenvalue weighted by atomic mass is 19.4. The molecule has 1 aromatic carbocycles. The lowest BCUT2D eigenvalue weighted by Gasteiger charge is -2.45. The first-order valence-electron chi connectivity index (χ1n) is 12.3. The molecule has 0 spiro atoms. The first-order chi connectivity index (χ1) is 17.1. The summed E-state index contributed by atoms with van der Waals surface area (Å²) in [4.78, 5) is 40.2. The molecular formula is C25H29F3N4O4.